The second-order valence-electron chi connectivity index (χ2n) is 4.44. The van der Waals surface area contributed by atoms with Crippen LogP contribution in [-0.4, -0.2) is 26.4 Å². The van der Waals surface area contributed by atoms with Crippen LogP contribution in [-0.2, 0) is 9.47 Å². The summed E-state index contributed by atoms with van der Waals surface area (Å²) in [5, 5.41) is 0. The summed E-state index contributed by atoms with van der Waals surface area (Å²) in [6, 6.07) is 0. The van der Waals surface area contributed by atoms with Gasteiger partial charge in [-0.05, 0) is 23.1 Å². The Labute approximate surface area is 78.2 Å². The van der Waals surface area contributed by atoms with E-state index >= 15 is 0 Å². The summed E-state index contributed by atoms with van der Waals surface area (Å²) >= 11 is 0. The third kappa shape index (κ3) is 0.960. The SMILES string of the molecule is CC12CC=C3COCC3=C1COC2. The molecule has 2 fully saturated rings. The molecule has 0 amide bonds. The van der Waals surface area contributed by atoms with E-state index in [2.05, 4.69) is 13.0 Å². The highest BCUT2D eigenvalue weighted by Crippen LogP contribution is 2.45. The fourth-order valence-electron chi connectivity index (χ4n) is 2.53. The molecule has 2 heterocycles. The first-order valence-corrected chi connectivity index (χ1v) is 4.87. The molecular formula is C11H14O2. The van der Waals surface area contributed by atoms with Crippen molar-refractivity contribution in [2.24, 2.45) is 5.41 Å². The number of rotatable bonds is 0. The predicted octanol–water partition coefficient (Wildman–Crippen LogP) is 1.68. The number of hydrogen-bond acceptors (Lipinski definition) is 2. The smallest absolute Gasteiger partial charge is 0.0725 e. The quantitative estimate of drug-likeness (QED) is 0.562. The maximum Gasteiger partial charge on any atom is 0.0725 e. The van der Waals surface area contributed by atoms with Crippen LogP contribution in [0.15, 0.2) is 22.8 Å². The Bertz CT molecular complexity index is 314. The molecule has 2 saturated heterocycles. The molecule has 1 aliphatic carbocycles. The maximum absolute atomic E-state index is 5.56. The lowest BCUT2D eigenvalue weighted by molar-refractivity contribution is 0.160. The fourth-order valence-corrected chi connectivity index (χ4v) is 2.53. The molecule has 0 bridgehead atoms. The Hall–Kier alpha value is -0.600. The number of ether oxygens (including phenoxy) is 2. The van der Waals surface area contributed by atoms with Gasteiger partial charge < -0.3 is 9.47 Å². The van der Waals surface area contributed by atoms with E-state index in [1.807, 2.05) is 0 Å². The summed E-state index contributed by atoms with van der Waals surface area (Å²) in [6.07, 6.45) is 3.46. The summed E-state index contributed by atoms with van der Waals surface area (Å²) in [5.74, 6) is 0. The molecular weight excluding hydrogens is 164 g/mol. The van der Waals surface area contributed by atoms with Gasteiger partial charge in [0.25, 0.3) is 0 Å². The van der Waals surface area contributed by atoms with Gasteiger partial charge in [0.05, 0.1) is 26.4 Å². The van der Waals surface area contributed by atoms with Gasteiger partial charge in [0.15, 0.2) is 0 Å². The molecule has 2 aliphatic heterocycles. The van der Waals surface area contributed by atoms with Crippen molar-refractivity contribution in [3.05, 3.63) is 22.8 Å². The van der Waals surface area contributed by atoms with Crippen LogP contribution in [0.2, 0.25) is 0 Å². The largest absolute Gasteiger partial charge is 0.376 e. The van der Waals surface area contributed by atoms with Gasteiger partial charge in [0.2, 0.25) is 0 Å². The van der Waals surface area contributed by atoms with E-state index < -0.39 is 0 Å². The molecule has 1 atom stereocenters. The van der Waals surface area contributed by atoms with Crippen LogP contribution in [0, 0.1) is 5.41 Å². The van der Waals surface area contributed by atoms with Crippen molar-refractivity contribution in [2.45, 2.75) is 13.3 Å². The Morgan fingerprint density at radius 3 is 3.08 bits per heavy atom. The second-order valence-corrected chi connectivity index (χ2v) is 4.44. The Morgan fingerprint density at radius 1 is 1.23 bits per heavy atom. The highest BCUT2D eigenvalue weighted by molar-refractivity contribution is 5.46. The lowest BCUT2D eigenvalue weighted by Gasteiger charge is -2.28. The fraction of sp³-hybridized carbons (Fsp3) is 0.636. The van der Waals surface area contributed by atoms with E-state index in [0.717, 1.165) is 32.8 Å². The van der Waals surface area contributed by atoms with Crippen LogP contribution in [0.25, 0.3) is 0 Å². The summed E-state index contributed by atoms with van der Waals surface area (Å²) in [5.41, 5.74) is 4.64. The zero-order chi connectivity index (χ0) is 8.89. The van der Waals surface area contributed by atoms with Crippen molar-refractivity contribution in [1.82, 2.24) is 0 Å². The minimum absolute atomic E-state index is 0.284. The predicted molar refractivity (Wildman–Crippen MR) is 49.5 cm³/mol. The standard InChI is InChI=1S/C11H14O2/c1-11-3-2-8-4-12-5-9(8)10(11)6-13-7-11/h2H,3-7H2,1H3. The van der Waals surface area contributed by atoms with Gasteiger partial charge in [0, 0.05) is 5.41 Å². The molecule has 70 valence electrons. The normalized spacial score (nSPS) is 37.5. The minimum Gasteiger partial charge on any atom is -0.376 e. The van der Waals surface area contributed by atoms with Crippen molar-refractivity contribution in [3.63, 3.8) is 0 Å². The van der Waals surface area contributed by atoms with Crippen molar-refractivity contribution < 1.29 is 9.47 Å². The lowest BCUT2D eigenvalue weighted by Crippen LogP contribution is -2.22. The Kier molecular flexibility index (Phi) is 1.47. The summed E-state index contributed by atoms with van der Waals surface area (Å²) < 4.78 is 11.0. The van der Waals surface area contributed by atoms with E-state index in [9.17, 15) is 0 Å². The maximum atomic E-state index is 5.56. The lowest BCUT2D eigenvalue weighted by atomic mass is 9.74. The molecule has 0 saturated carbocycles. The molecule has 0 aromatic heterocycles. The van der Waals surface area contributed by atoms with Gasteiger partial charge in [0.1, 0.15) is 0 Å². The first-order valence-electron chi connectivity index (χ1n) is 4.87. The van der Waals surface area contributed by atoms with Crippen molar-refractivity contribution >= 4 is 0 Å². The van der Waals surface area contributed by atoms with E-state index in [1.54, 1.807) is 0 Å². The van der Waals surface area contributed by atoms with Gasteiger partial charge in [-0.3, -0.25) is 0 Å². The summed E-state index contributed by atoms with van der Waals surface area (Å²) in [4.78, 5) is 0. The molecule has 0 radical (unpaired) electrons. The number of allylic oxidation sites excluding steroid dienone is 1. The van der Waals surface area contributed by atoms with Gasteiger partial charge in [-0.15, -0.1) is 0 Å². The van der Waals surface area contributed by atoms with Crippen LogP contribution < -0.4 is 0 Å². The average Bonchev–Trinajstić information content (AvgIpc) is 2.66. The molecule has 1 unspecified atom stereocenters. The van der Waals surface area contributed by atoms with Crippen LogP contribution >= 0.6 is 0 Å². The molecule has 0 aromatic carbocycles. The van der Waals surface area contributed by atoms with Crippen molar-refractivity contribution in [3.8, 4) is 0 Å². The highest BCUT2D eigenvalue weighted by Gasteiger charge is 2.40. The van der Waals surface area contributed by atoms with E-state index in [0.29, 0.717) is 0 Å². The van der Waals surface area contributed by atoms with Crippen LogP contribution in [0.3, 0.4) is 0 Å². The molecule has 2 heteroatoms. The topological polar surface area (TPSA) is 18.5 Å². The zero-order valence-electron chi connectivity index (χ0n) is 7.93. The second kappa shape index (κ2) is 2.46. The summed E-state index contributed by atoms with van der Waals surface area (Å²) in [7, 11) is 0. The average molecular weight is 178 g/mol. The number of hydrogen-bond donors (Lipinski definition) is 0. The Balaban J connectivity index is 2.12. The molecule has 2 nitrogen and oxygen atoms in total. The van der Waals surface area contributed by atoms with Gasteiger partial charge >= 0.3 is 0 Å². The van der Waals surface area contributed by atoms with Crippen LogP contribution in [0.4, 0.5) is 0 Å². The van der Waals surface area contributed by atoms with Gasteiger partial charge in [-0.25, -0.2) is 0 Å². The van der Waals surface area contributed by atoms with Crippen LogP contribution in [0.1, 0.15) is 13.3 Å². The molecule has 3 aliphatic rings. The van der Waals surface area contributed by atoms with Crippen molar-refractivity contribution in [1.29, 1.82) is 0 Å². The van der Waals surface area contributed by atoms with E-state index in [4.69, 9.17) is 9.47 Å². The number of fused-ring (bicyclic) bond motifs is 2. The summed E-state index contributed by atoms with van der Waals surface area (Å²) in [6.45, 7) is 5.63. The van der Waals surface area contributed by atoms with Crippen LogP contribution in [0.5, 0.6) is 0 Å². The molecule has 0 spiro atoms. The first kappa shape index (κ1) is 7.77. The third-order valence-corrected chi connectivity index (χ3v) is 3.45. The van der Waals surface area contributed by atoms with E-state index in [-0.39, 0.29) is 5.41 Å². The van der Waals surface area contributed by atoms with Crippen molar-refractivity contribution in [2.75, 3.05) is 26.4 Å². The van der Waals surface area contributed by atoms with E-state index in [1.165, 1.54) is 16.7 Å². The monoisotopic (exact) mass is 178 g/mol. The molecule has 0 N–H and O–H groups in total. The molecule has 0 aromatic rings. The zero-order valence-corrected chi connectivity index (χ0v) is 7.93. The van der Waals surface area contributed by atoms with Gasteiger partial charge in [-0.2, -0.15) is 0 Å². The third-order valence-electron chi connectivity index (χ3n) is 3.45. The molecule has 13 heavy (non-hydrogen) atoms. The highest BCUT2D eigenvalue weighted by atomic mass is 16.5. The minimum atomic E-state index is 0.284. The van der Waals surface area contributed by atoms with Gasteiger partial charge in [-0.1, -0.05) is 13.0 Å². The Morgan fingerprint density at radius 2 is 2.15 bits per heavy atom. The first-order chi connectivity index (χ1) is 6.30. The molecule has 3 rings (SSSR count).